The molecule has 0 saturated carbocycles. The van der Waals surface area contributed by atoms with Crippen LogP contribution in [0.2, 0.25) is 0 Å². The van der Waals surface area contributed by atoms with E-state index in [9.17, 15) is 18.0 Å². The SMILES string of the molecule is O=C(O)CCc1cccc(CC(F)(F)F)c1. The Labute approximate surface area is 90.7 Å². The van der Waals surface area contributed by atoms with Crippen LogP contribution < -0.4 is 0 Å². The van der Waals surface area contributed by atoms with E-state index in [2.05, 4.69) is 0 Å². The summed E-state index contributed by atoms with van der Waals surface area (Å²) in [6.45, 7) is 0. The lowest BCUT2D eigenvalue weighted by molar-refractivity contribution is -0.137. The number of aryl methyl sites for hydroxylation is 1. The molecule has 16 heavy (non-hydrogen) atoms. The number of benzene rings is 1. The first-order valence-corrected chi connectivity index (χ1v) is 4.73. The van der Waals surface area contributed by atoms with E-state index in [0.29, 0.717) is 5.56 Å². The predicted molar refractivity (Wildman–Crippen MR) is 52.2 cm³/mol. The van der Waals surface area contributed by atoms with E-state index in [1.807, 2.05) is 0 Å². The third-order valence-electron chi connectivity index (χ3n) is 2.02. The summed E-state index contributed by atoms with van der Waals surface area (Å²) >= 11 is 0. The number of hydrogen-bond acceptors (Lipinski definition) is 1. The number of carbonyl (C=O) groups is 1. The second-order valence-electron chi connectivity index (χ2n) is 3.51. The summed E-state index contributed by atoms with van der Waals surface area (Å²) < 4.78 is 36.3. The van der Waals surface area contributed by atoms with Crippen LogP contribution in [0, 0.1) is 0 Å². The lowest BCUT2D eigenvalue weighted by Gasteiger charge is -2.07. The third-order valence-corrected chi connectivity index (χ3v) is 2.02. The molecule has 0 radical (unpaired) electrons. The molecule has 0 unspecified atom stereocenters. The molecule has 1 rings (SSSR count). The van der Waals surface area contributed by atoms with Gasteiger partial charge in [-0.25, -0.2) is 0 Å². The number of halogens is 3. The van der Waals surface area contributed by atoms with E-state index in [1.54, 1.807) is 6.07 Å². The number of carboxylic acid groups (broad SMARTS) is 1. The van der Waals surface area contributed by atoms with Crippen molar-refractivity contribution in [2.75, 3.05) is 0 Å². The molecule has 1 aromatic carbocycles. The Morgan fingerprint density at radius 1 is 1.25 bits per heavy atom. The van der Waals surface area contributed by atoms with Crippen LogP contribution >= 0.6 is 0 Å². The summed E-state index contributed by atoms with van der Waals surface area (Å²) in [6, 6.07) is 5.93. The van der Waals surface area contributed by atoms with Crippen molar-refractivity contribution < 1.29 is 23.1 Å². The van der Waals surface area contributed by atoms with E-state index < -0.39 is 18.6 Å². The fourth-order valence-corrected chi connectivity index (χ4v) is 1.38. The Kier molecular flexibility index (Phi) is 3.93. The van der Waals surface area contributed by atoms with E-state index in [1.165, 1.54) is 18.2 Å². The summed E-state index contributed by atoms with van der Waals surface area (Å²) in [5.74, 6) is -0.957. The molecule has 0 aliphatic rings. The fraction of sp³-hybridized carbons (Fsp3) is 0.364. The molecule has 0 aliphatic heterocycles. The van der Waals surface area contributed by atoms with Crippen molar-refractivity contribution in [3.05, 3.63) is 35.4 Å². The van der Waals surface area contributed by atoms with Gasteiger partial charge in [-0.1, -0.05) is 24.3 Å². The largest absolute Gasteiger partial charge is 0.481 e. The van der Waals surface area contributed by atoms with Crippen LogP contribution in [0.4, 0.5) is 13.2 Å². The van der Waals surface area contributed by atoms with Crippen molar-refractivity contribution in [1.82, 2.24) is 0 Å². The highest BCUT2D eigenvalue weighted by molar-refractivity contribution is 5.67. The Morgan fingerprint density at radius 3 is 2.44 bits per heavy atom. The number of aliphatic carboxylic acids is 1. The van der Waals surface area contributed by atoms with Gasteiger partial charge in [-0.15, -0.1) is 0 Å². The van der Waals surface area contributed by atoms with Gasteiger partial charge in [0, 0.05) is 6.42 Å². The Bertz CT molecular complexity index is 372. The molecule has 0 heterocycles. The van der Waals surface area contributed by atoms with Gasteiger partial charge in [-0.2, -0.15) is 13.2 Å². The summed E-state index contributed by atoms with van der Waals surface area (Å²) in [5, 5.41) is 8.45. The normalized spacial score (nSPS) is 11.4. The average Bonchev–Trinajstić information content (AvgIpc) is 2.12. The van der Waals surface area contributed by atoms with Gasteiger partial charge >= 0.3 is 12.1 Å². The van der Waals surface area contributed by atoms with E-state index in [4.69, 9.17) is 5.11 Å². The fourth-order valence-electron chi connectivity index (χ4n) is 1.38. The number of alkyl halides is 3. The highest BCUT2D eigenvalue weighted by Gasteiger charge is 2.27. The van der Waals surface area contributed by atoms with Crippen LogP contribution in [-0.4, -0.2) is 17.3 Å². The van der Waals surface area contributed by atoms with E-state index in [0.717, 1.165) is 0 Å². The van der Waals surface area contributed by atoms with Crippen LogP contribution in [-0.2, 0) is 17.6 Å². The first-order chi connectivity index (χ1) is 7.37. The maximum atomic E-state index is 12.1. The summed E-state index contributed by atoms with van der Waals surface area (Å²) in [6.07, 6.45) is -5.03. The maximum absolute atomic E-state index is 12.1. The minimum atomic E-state index is -4.23. The lowest BCUT2D eigenvalue weighted by Crippen LogP contribution is -2.11. The van der Waals surface area contributed by atoms with Gasteiger partial charge in [0.25, 0.3) is 0 Å². The first kappa shape index (κ1) is 12.5. The third kappa shape index (κ3) is 4.82. The molecule has 0 atom stereocenters. The van der Waals surface area contributed by atoms with Crippen LogP contribution in [0.1, 0.15) is 17.5 Å². The minimum absolute atomic E-state index is 0.0739. The Hall–Kier alpha value is -1.52. The highest BCUT2D eigenvalue weighted by atomic mass is 19.4. The molecule has 2 nitrogen and oxygen atoms in total. The molecular weight excluding hydrogens is 221 g/mol. The second kappa shape index (κ2) is 5.01. The molecule has 5 heteroatoms. The summed E-state index contributed by atoms with van der Waals surface area (Å²) in [7, 11) is 0. The molecule has 1 aromatic rings. The van der Waals surface area contributed by atoms with Crippen LogP contribution in [0.25, 0.3) is 0 Å². The van der Waals surface area contributed by atoms with Crippen molar-refractivity contribution in [1.29, 1.82) is 0 Å². The van der Waals surface area contributed by atoms with Crippen molar-refractivity contribution in [3.8, 4) is 0 Å². The monoisotopic (exact) mass is 232 g/mol. The van der Waals surface area contributed by atoms with Crippen molar-refractivity contribution in [2.24, 2.45) is 0 Å². The standard InChI is InChI=1S/C11H11F3O2/c12-11(13,14)7-9-3-1-2-8(6-9)4-5-10(15)16/h1-3,6H,4-5,7H2,(H,15,16). The minimum Gasteiger partial charge on any atom is -0.481 e. The topological polar surface area (TPSA) is 37.3 Å². The summed E-state index contributed by atoms with van der Waals surface area (Å²) in [5.41, 5.74) is 0.777. The molecule has 0 spiro atoms. The molecule has 0 fully saturated rings. The molecular formula is C11H11F3O2. The predicted octanol–water partition coefficient (Wildman–Crippen LogP) is 2.81. The zero-order valence-corrected chi connectivity index (χ0v) is 8.42. The highest BCUT2D eigenvalue weighted by Crippen LogP contribution is 2.21. The van der Waals surface area contributed by atoms with Gasteiger partial charge in [0.05, 0.1) is 6.42 Å². The molecule has 0 bridgehead atoms. The van der Waals surface area contributed by atoms with Gasteiger partial charge in [-0.05, 0) is 17.5 Å². The van der Waals surface area contributed by atoms with Crippen LogP contribution in [0.15, 0.2) is 24.3 Å². The Balaban J connectivity index is 2.67. The van der Waals surface area contributed by atoms with E-state index in [-0.39, 0.29) is 18.4 Å². The maximum Gasteiger partial charge on any atom is 0.393 e. The molecule has 1 N–H and O–H groups in total. The lowest BCUT2D eigenvalue weighted by atomic mass is 10.0. The number of rotatable bonds is 4. The molecule has 88 valence electrons. The van der Waals surface area contributed by atoms with E-state index >= 15 is 0 Å². The quantitative estimate of drug-likeness (QED) is 0.866. The molecule has 0 saturated heterocycles. The summed E-state index contributed by atoms with van der Waals surface area (Å²) in [4.78, 5) is 10.3. The Morgan fingerprint density at radius 2 is 1.88 bits per heavy atom. The van der Waals surface area contributed by atoms with Gasteiger partial charge in [0.2, 0.25) is 0 Å². The first-order valence-electron chi connectivity index (χ1n) is 4.73. The van der Waals surface area contributed by atoms with Crippen LogP contribution in [0.5, 0.6) is 0 Å². The second-order valence-corrected chi connectivity index (χ2v) is 3.51. The zero-order chi connectivity index (χ0) is 12.2. The van der Waals surface area contributed by atoms with Crippen LogP contribution in [0.3, 0.4) is 0 Å². The van der Waals surface area contributed by atoms with Gasteiger partial charge in [0.15, 0.2) is 0 Å². The van der Waals surface area contributed by atoms with Crippen molar-refractivity contribution >= 4 is 5.97 Å². The zero-order valence-electron chi connectivity index (χ0n) is 8.42. The molecule has 0 amide bonds. The average molecular weight is 232 g/mol. The number of hydrogen-bond donors (Lipinski definition) is 1. The van der Waals surface area contributed by atoms with Gasteiger partial charge in [0.1, 0.15) is 0 Å². The van der Waals surface area contributed by atoms with Gasteiger partial charge in [-0.3, -0.25) is 4.79 Å². The van der Waals surface area contributed by atoms with Gasteiger partial charge < -0.3 is 5.11 Å². The number of carboxylic acids is 1. The smallest absolute Gasteiger partial charge is 0.393 e. The van der Waals surface area contributed by atoms with Crippen molar-refractivity contribution in [2.45, 2.75) is 25.4 Å². The molecule has 0 aromatic heterocycles. The molecule has 0 aliphatic carbocycles. The van der Waals surface area contributed by atoms with Crippen molar-refractivity contribution in [3.63, 3.8) is 0 Å².